The van der Waals surface area contributed by atoms with Gasteiger partial charge < -0.3 is 24.1 Å². The van der Waals surface area contributed by atoms with E-state index in [1.807, 2.05) is 0 Å². The zero-order chi connectivity index (χ0) is 25.8. The zero-order valence-corrected chi connectivity index (χ0v) is 21.0. The third-order valence-corrected chi connectivity index (χ3v) is 9.63. The number of ether oxygens (including phenoxy) is 4. The van der Waals surface area contributed by atoms with Gasteiger partial charge in [0.05, 0.1) is 12.2 Å². The minimum atomic E-state index is -2.25. The molecule has 3 saturated carbocycles. The van der Waals surface area contributed by atoms with Gasteiger partial charge in [-0.3, -0.25) is 9.59 Å². The van der Waals surface area contributed by atoms with Gasteiger partial charge >= 0.3 is 0 Å². The van der Waals surface area contributed by atoms with Gasteiger partial charge in [0.25, 0.3) is 0 Å². The molecule has 1 aliphatic heterocycles. The predicted molar refractivity (Wildman–Crippen MR) is 120 cm³/mol. The van der Waals surface area contributed by atoms with E-state index in [0.29, 0.717) is 0 Å². The van der Waals surface area contributed by atoms with E-state index in [1.165, 1.54) is 26.4 Å². The quantitative estimate of drug-likeness (QED) is 0.599. The third kappa shape index (κ3) is 2.87. The second-order valence-corrected chi connectivity index (χ2v) is 11.6. The van der Waals surface area contributed by atoms with Crippen LogP contribution in [0.3, 0.4) is 0 Å². The number of alkyl halides is 2. The molecule has 1 N–H and O–H groups in total. The molecule has 1 saturated heterocycles. The third-order valence-electron chi connectivity index (χ3n) is 9.63. The van der Waals surface area contributed by atoms with Crippen molar-refractivity contribution in [3.05, 3.63) is 23.8 Å². The van der Waals surface area contributed by atoms with Crippen molar-refractivity contribution in [2.45, 2.75) is 88.7 Å². The molecule has 194 valence electrons. The van der Waals surface area contributed by atoms with Gasteiger partial charge in [-0.25, -0.2) is 8.78 Å². The maximum Gasteiger partial charge on any atom is 0.223 e. The number of hydrogen-bond donors (Lipinski definition) is 1. The van der Waals surface area contributed by atoms with Gasteiger partial charge in [-0.05, 0) is 63.7 Å². The summed E-state index contributed by atoms with van der Waals surface area (Å²) in [7, 11) is 2.69. The molecule has 0 spiro atoms. The Kier molecular flexibility index (Phi) is 5.39. The number of rotatable bonds is 4. The molecule has 7 nitrogen and oxygen atoms in total. The molecule has 0 aromatic rings. The lowest BCUT2D eigenvalue weighted by Crippen LogP contribution is -2.71. The Labute approximate surface area is 203 Å². The number of fused-ring (bicyclic) bond motifs is 7. The molecule has 35 heavy (non-hydrogen) atoms. The average molecular weight is 497 g/mol. The monoisotopic (exact) mass is 496 g/mol. The van der Waals surface area contributed by atoms with Crippen LogP contribution < -0.4 is 0 Å². The van der Waals surface area contributed by atoms with E-state index in [4.69, 9.17) is 18.9 Å². The van der Waals surface area contributed by atoms with Crippen LogP contribution in [0.2, 0.25) is 0 Å². The van der Waals surface area contributed by atoms with Crippen molar-refractivity contribution >= 4 is 11.6 Å². The number of carbonyl (C=O) groups excluding carboxylic acids is 2. The lowest BCUT2D eigenvalue weighted by atomic mass is 9.44. The fraction of sp³-hybridized carbons (Fsp3) is 0.769. The molecule has 9 atom stereocenters. The van der Waals surface area contributed by atoms with Crippen LogP contribution >= 0.6 is 0 Å². The van der Waals surface area contributed by atoms with Gasteiger partial charge in [0.1, 0.15) is 6.17 Å². The Bertz CT molecular complexity index is 1020. The summed E-state index contributed by atoms with van der Waals surface area (Å²) in [6, 6.07) is 0. The molecule has 5 aliphatic rings. The zero-order valence-electron chi connectivity index (χ0n) is 21.0. The highest BCUT2D eigenvalue weighted by Gasteiger charge is 2.81. The number of allylic oxidation sites excluding steroid dienone is 4. The van der Waals surface area contributed by atoms with Crippen LogP contribution in [0.25, 0.3) is 0 Å². The topological polar surface area (TPSA) is 91.3 Å². The highest BCUT2D eigenvalue weighted by Crippen LogP contribution is 2.72. The van der Waals surface area contributed by atoms with Crippen molar-refractivity contribution in [1.29, 1.82) is 0 Å². The first kappa shape index (κ1) is 25.1. The number of carbonyl (C=O) groups is 2. The van der Waals surface area contributed by atoms with E-state index in [9.17, 15) is 14.7 Å². The number of aliphatic hydroxyl groups is 1. The number of aliphatic hydroxyl groups excluding tert-OH is 1. The summed E-state index contributed by atoms with van der Waals surface area (Å²) >= 11 is 0. The molecule has 0 aromatic heterocycles. The fourth-order valence-electron chi connectivity index (χ4n) is 8.22. The van der Waals surface area contributed by atoms with Crippen molar-refractivity contribution in [1.82, 2.24) is 0 Å². The maximum absolute atomic E-state index is 17.3. The van der Waals surface area contributed by atoms with Crippen molar-refractivity contribution in [2.75, 3.05) is 14.2 Å². The molecule has 0 amide bonds. The van der Waals surface area contributed by atoms with Gasteiger partial charge in [0, 0.05) is 31.0 Å². The number of methoxy groups -OCH3 is 2. The van der Waals surface area contributed by atoms with Crippen LogP contribution in [0.1, 0.15) is 47.0 Å². The van der Waals surface area contributed by atoms with E-state index in [-0.39, 0.29) is 24.8 Å². The summed E-state index contributed by atoms with van der Waals surface area (Å²) in [6.45, 7) is 6.75. The Hall–Kier alpha value is -1.52. The normalized spacial score (nSPS) is 49.8. The van der Waals surface area contributed by atoms with Crippen LogP contribution in [0.5, 0.6) is 0 Å². The first-order valence-electron chi connectivity index (χ1n) is 12.2. The second kappa shape index (κ2) is 7.51. The molecule has 4 fully saturated rings. The van der Waals surface area contributed by atoms with E-state index < -0.39 is 76.0 Å². The Balaban J connectivity index is 1.66. The lowest BCUT2D eigenvalue weighted by Gasteiger charge is -2.63. The van der Waals surface area contributed by atoms with Gasteiger partial charge in [0.2, 0.25) is 12.1 Å². The van der Waals surface area contributed by atoms with Crippen molar-refractivity contribution < 1.29 is 42.4 Å². The average Bonchev–Trinajstić information content (AvgIpc) is 3.18. The van der Waals surface area contributed by atoms with Crippen molar-refractivity contribution in [2.24, 2.45) is 22.7 Å². The highest BCUT2D eigenvalue weighted by molar-refractivity contribution is 6.01. The molecule has 4 aliphatic carbocycles. The summed E-state index contributed by atoms with van der Waals surface area (Å²) in [5.41, 5.74) is -6.36. The van der Waals surface area contributed by atoms with Gasteiger partial charge in [-0.2, -0.15) is 0 Å². The number of ketones is 2. The van der Waals surface area contributed by atoms with Crippen LogP contribution in [-0.4, -0.2) is 72.6 Å². The molecule has 1 heterocycles. The summed E-state index contributed by atoms with van der Waals surface area (Å²) in [6.07, 6.45) is -1.40. The molecule has 0 unspecified atom stereocenters. The predicted octanol–water partition coefficient (Wildman–Crippen LogP) is 2.99. The largest absolute Gasteiger partial charge is 0.390 e. The van der Waals surface area contributed by atoms with Crippen LogP contribution in [0.4, 0.5) is 8.78 Å². The van der Waals surface area contributed by atoms with Gasteiger partial charge in [0.15, 0.2) is 22.8 Å². The standard InChI is InChI=1S/C26H34F2O7/c1-22(2)34-19-11-14-15-10-17(27)16-9-13(29)7-8-23(16,3)25(15,28)18(30)12-24(14,4)26(19,35-22)20(31)21(32-5)33-6/h7-9,14-15,17-19,21,30H,10-12H2,1-6H3/t14-,15-,17-,18-,19+,23-,24-,25-,26-/m0/s1. The highest BCUT2D eigenvalue weighted by atomic mass is 19.1. The summed E-state index contributed by atoms with van der Waals surface area (Å²) in [5, 5.41) is 11.5. The first-order valence-corrected chi connectivity index (χ1v) is 12.2. The van der Waals surface area contributed by atoms with E-state index in [1.54, 1.807) is 27.7 Å². The Morgan fingerprint density at radius 1 is 1.17 bits per heavy atom. The van der Waals surface area contributed by atoms with E-state index >= 15 is 8.78 Å². The van der Waals surface area contributed by atoms with Gasteiger partial charge in [-0.1, -0.05) is 13.0 Å². The minimum absolute atomic E-state index is 0.0582. The van der Waals surface area contributed by atoms with Crippen LogP contribution in [0, 0.1) is 22.7 Å². The molecule has 5 rings (SSSR count). The lowest BCUT2D eigenvalue weighted by molar-refractivity contribution is -0.254. The number of Topliss-reactive ketones (excluding diaryl/α,β-unsaturated/α-hetero) is 1. The molecule has 0 aromatic carbocycles. The number of hydrogen-bond acceptors (Lipinski definition) is 7. The second-order valence-electron chi connectivity index (χ2n) is 11.6. The molecule has 9 heteroatoms. The molecule has 0 bridgehead atoms. The Morgan fingerprint density at radius 2 is 1.83 bits per heavy atom. The SMILES string of the molecule is COC(OC)C(=O)[C@@]12OC(C)(C)O[C@@H]1C[C@H]1[C@@H]3C[C@H](F)C4=CC(=O)C=C[C@]4(C)[C@@]3(F)[C@@H](O)C[C@@]12C. The summed E-state index contributed by atoms with van der Waals surface area (Å²) in [4.78, 5) is 25.9. The smallest absolute Gasteiger partial charge is 0.223 e. The summed E-state index contributed by atoms with van der Waals surface area (Å²) in [5.74, 6) is -3.49. The van der Waals surface area contributed by atoms with Crippen molar-refractivity contribution in [3.8, 4) is 0 Å². The van der Waals surface area contributed by atoms with Crippen LogP contribution in [-0.2, 0) is 28.5 Å². The van der Waals surface area contributed by atoms with Gasteiger partial charge in [-0.15, -0.1) is 0 Å². The van der Waals surface area contributed by atoms with E-state index in [0.717, 1.165) is 6.08 Å². The molecule has 0 radical (unpaired) electrons. The number of halogens is 2. The van der Waals surface area contributed by atoms with Crippen molar-refractivity contribution in [3.63, 3.8) is 0 Å². The first-order chi connectivity index (χ1) is 16.2. The Morgan fingerprint density at radius 3 is 2.46 bits per heavy atom. The van der Waals surface area contributed by atoms with Crippen LogP contribution in [0.15, 0.2) is 23.8 Å². The summed E-state index contributed by atoms with van der Waals surface area (Å²) < 4.78 is 56.1. The minimum Gasteiger partial charge on any atom is -0.390 e. The van der Waals surface area contributed by atoms with E-state index in [2.05, 4.69) is 0 Å². The maximum atomic E-state index is 17.3. The molecular formula is C26H34F2O7. The molecular weight excluding hydrogens is 462 g/mol. The fourth-order valence-corrected chi connectivity index (χ4v) is 8.22.